The molecule has 17 heavy (non-hydrogen) atoms. The van der Waals surface area contributed by atoms with E-state index in [1.807, 2.05) is 13.8 Å². The molecule has 0 aromatic heterocycles. The zero-order chi connectivity index (χ0) is 11.7. The van der Waals surface area contributed by atoms with E-state index in [0.717, 1.165) is 28.8 Å². The van der Waals surface area contributed by atoms with Crippen LogP contribution in [0, 0.1) is 17.0 Å². The van der Waals surface area contributed by atoms with Gasteiger partial charge in [0, 0.05) is 44.8 Å². The Balaban J connectivity index is 0.00000144. The molecule has 0 saturated carbocycles. The zero-order valence-corrected chi connectivity index (χ0v) is 12.6. The van der Waals surface area contributed by atoms with Crippen LogP contribution in [0.1, 0.15) is 24.5 Å². The first-order chi connectivity index (χ1) is 7.59. The van der Waals surface area contributed by atoms with E-state index in [9.17, 15) is 10.1 Å². The third-order valence-corrected chi connectivity index (χ3v) is 2.62. The first-order valence-electron chi connectivity index (χ1n) is 4.98. The second kappa shape index (κ2) is 5.65. The Kier molecular flexibility index (Phi) is 4.72. The van der Waals surface area contributed by atoms with E-state index in [4.69, 9.17) is 0 Å². The number of hydrogen-bond donors (Lipinski definition) is 0. The second-order valence-electron chi connectivity index (χ2n) is 3.83. The molecule has 4 nitrogen and oxygen atoms in total. The topological polar surface area (TPSA) is 55.5 Å². The fourth-order valence-electron chi connectivity index (χ4n) is 1.73. The van der Waals surface area contributed by atoms with Crippen LogP contribution in [0.2, 0.25) is 0 Å². The summed E-state index contributed by atoms with van der Waals surface area (Å²) in [6.07, 6.45) is 3.64. The Hall–Kier alpha value is -0.866. The number of rotatable bonds is 2. The van der Waals surface area contributed by atoms with Crippen LogP contribution in [0.5, 0.6) is 0 Å². The number of benzene rings is 1. The van der Waals surface area contributed by atoms with Crippen molar-refractivity contribution in [3.63, 3.8) is 0 Å². The molecule has 0 fully saturated rings. The molecular formula is C12H11N2O2Y-. The number of nitro groups is 1. The maximum atomic E-state index is 10.6. The molecule has 0 atom stereocenters. The van der Waals surface area contributed by atoms with Gasteiger partial charge in [0.05, 0.1) is 4.92 Å². The predicted molar refractivity (Wildman–Crippen MR) is 62.5 cm³/mol. The summed E-state index contributed by atoms with van der Waals surface area (Å²) in [5.74, 6) is 0. The van der Waals surface area contributed by atoms with Crippen molar-refractivity contribution in [3.8, 4) is 0 Å². The van der Waals surface area contributed by atoms with Crippen LogP contribution in [-0.2, 0) is 32.7 Å². The molecule has 1 radical (unpaired) electrons. The molecule has 1 aromatic carbocycles. The SMILES string of the molecule is CC1=C(c2ccc([N+](=O)[O-])cc2C)N=[C-]C1.[Y]. The van der Waals surface area contributed by atoms with Gasteiger partial charge in [-0.05, 0) is 6.92 Å². The molecule has 0 aliphatic carbocycles. The van der Waals surface area contributed by atoms with Crippen molar-refractivity contribution in [3.05, 3.63) is 45.0 Å². The standard InChI is InChI=1S/C12H11N2O2.Y/c1-8-5-6-13-12(8)11-4-3-10(14(15)16)7-9(11)2;/h3-4,7H,5H2,1-2H3;/q-1;. The summed E-state index contributed by atoms with van der Waals surface area (Å²) in [4.78, 5) is 14.4. The summed E-state index contributed by atoms with van der Waals surface area (Å²) in [6, 6.07) is 4.84. The van der Waals surface area contributed by atoms with E-state index < -0.39 is 0 Å². The summed E-state index contributed by atoms with van der Waals surface area (Å²) in [5.41, 5.74) is 3.99. The summed E-state index contributed by atoms with van der Waals surface area (Å²) in [5, 5.41) is 10.6. The van der Waals surface area contributed by atoms with Crippen molar-refractivity contribution < 1.29 is 37.6 Å². The van der Waals surface area contributed by atoms with Gasteiger partial charge in [-0.25, -0.2) is 0 Å². The molecule has 1 aliphatic heterocycles. The van der Waals surface area contributed by atoms with Crippen molar-refractivity contribution in [2.75, 3.05) is 0 Å². The van der Waals surface area contributed by atoms with Gasteiger partial charge in [-0.3, -0.25) is 10.1 Å². The molecule has 1 heterocycles. The average Bonchev–Trinajstić information content (AvgIpc) is 2.64. The first-order valence-corrected chi connectivity index (χ1v) is 4.98. The van der Waals surface area contributed by atoms with Crippen LogP contribution >= 0.6 is 0 Å². The molecule has 1 aromatic rings. The molecule has 0 amide bonds. The Morgan fingerprint density at radius 1 is 1.41 bits per heavy atom. The van der Waals surface area contributed by atoms with E-state index in [2.05, 4.69) is 11.2 Å². The molecular weight excluding hydrogens is 293 g/mol. The molecule has 0 bridgehead atoms. The Morgan fingerprint density at radius 2 is 2.12 bits per heavy atom. The van der Waals surface area contributed by atoms with Gasteiger partial charge in [0.1, 0.15) is 0 Å². The fourth-order valence-corrected chi connectivity index (χ4v) is 1.73. The summed E-state index contributed by atoms with van der Waals surface area (Å²) in [7, 11) is 0. The van der Waals surface area contributed by atoms with Crippen LogP contribution in [-0.4, -0.2) is 11.1 Å². The van der Waals surface area contributed by atoms with Crippen molar-refractivity contribution in [1.82, 2.24) is 0 Å². The minimum atomic E-state index is -0.387. The maximum absolute atomic E-state index is 10.6. The number of non-ortho nitro benzene ring substituents is 1. The second-order valence-corrected chi connectivity index (χ2v) is 3.83. The van der Waals surface area contributed by atoms with Gasteiger partial charge in [-0.1, -0.05) is 36.2 Å². The van der Waals surface area contributed by atoms with E-state index in [0.29, 0.717) is 0 Å². The van der Waals surface area contributed by atoms with Crippen molar-refractivity contribution >= 4 is 17.6 Å². The molecule has 5 heteroatoms. The van der Waals surface area contributed by atoms with Gasteiger partial charge in [0.25, 0.3) is 5.69 Å². The number of aryl methyl sites for hydroxylation is 1. The quantitative estimate of drug-likeness (QED) is 0.479. The van der Waals surface area contributed by atoms with Crippen LogP contribution in [0.15, 0.2) is 28.8 Å². The largest absolute Gasteiger partial charge is 0.455 e. The van der Waals surface area contributed by atoms with E-state index in [1.54, 1.807) is 12.1 Å². The van der Waals surface area contributed by atoms with Gasteiger partial charge in [-0.2, -0.15) is 6.21 Å². The third-order valence-electron chi connectivity index (χ3n) is 2.62. The smallest absolute Gasteiger partial charge is 0.269 e. The molecule has 2 rings (SSSR count). The zero-order valence-electron chi connectivity index (χ0n) is 9.73. The normalized spacial score (nSPS) is 13.8. The van der Waals surface area contributed by atoms with Crippen molar-refractivity contribution in [1.29, 1.82) is 0 Å². The van der Waals surface area contributed by atoms with Crippen LogP contribution in [0.4, 0.5) is 5.69 Å². The number of nitrogens with zero attached hydrogens (tertiary/aromatic N) is 2. The molecule has 0 unspecified atom stereocenters. The van der Waals surface area contributed by atoms with Crippen LogP contribution < -0.4 is 0 Å². The van der Waals surface area contributed by atoms with Gasteiger partial charge >= 0.3 is 0 Å². The maximum Gasteiger partial charge on any atom is 0.269 e. The minimum absolute atomic E-state index is 0. The number of hydrogen-bond acceptors (Lipinski definition) is 3. The first kappa shape index (κ1) is 14.2. The summed E-state index contributed by atoms with van der Waals surface area (Å²) in [6.45, 7) is 3.86. The van der Waals surface area contributed by atoms with Crippen molar-refractivity contribution in [2.24, 2.45) is 4.99 Å². The fraction of sp³-hybridized carbons (Fsp3) is 0.250. The van der Waals surface area contributed by atoms with E-state index in [-0.39, 0.29) is 43.3 Å². The molecule has 1 aliphatic rings. The van der Waals surface area contributed by atoms with Gasteiger partial charge < -0.3 is 4.99 Å². The summed E-state index contributed by atoms with van der Waals surface area (Å²) < 4.78 is 0. The molecule has 0 saturated heterocycles. The number of allylic oxidation sites excluding steroid dienone is 1. The Labute approximate surface area is 125 Å². The van der Waals surface area contributed by atoms with E-state index >= 15 is 0 Å². The molecule has 0 spiro atoms. The number of nitro benzene ring substituents is 1. The minimum Gasteiger partial charge on any atom is -0.455 e. The van der Waals surface area contributed by atoms with E-state index in [1.165, 1.54) is 6.07 Å². The molecule has 0 N–H and O–H groups in total. The van der Waals surface area contributed by atoms with Crippen LogP contribution in [0.3, 0.4) is 0 Å². The number of aliphatic imine (C=N–C) groups is 1. The van der Waals surface area contributed by atoms with Crippen molar-refractivity contribution in [2.45, 2.75) is 20.3 Å². The van der Waals surface area contributed by atoms with Crippen LogP contribution in [0.25, 0.3) is 5.70 Å². The van der Waals surface area contributed by atoms with Gasteiger partial charge in [-0.15, -0.1) is 5.57 Å². The Morgan fingerprint density at radius 3 is 2.59 bits per heavy atom. The Bertz CT molecular complexity index is 521. The average molecular weight is 304 g/mol. The predicted octanol–water partition coefficient (Wildman–Crippen LogP) is 2.98. The third kappa shape index (κ3) is 2.87. The summed E-state index contributed by atoms with van der Waals surface area (Å²) >= 11 is 0. The monoisotopic (exact) mass is 304 g/mol. The molecule has 85 valence electrons. The van der Waals surface area contributed by atoms with Gasteiger partial charge in [0.15, 0.2) is 0 Å². The van der Waals surface area contributed by atoms with Gasteiger partial charge in [0.2, 0.25) is 0 Å².